The van der Waals surface area contributed by atoms with Crippen LogP contribution in [0.5, 0.6) is 5.75 Å². The van der Waals surface area contributed by atoms with E-state index in [-0.39, 0.29) is 0 Å². The molecule has 3 heterocycles. The fraction of sp³-hybridized carbons (Fsp3) is 0.150. The van der Waals surface area contributed by atoms with Crippen molar-refractivity contribution in [2.24, 2.45) is 5.92 Å². The van der Waals surface area contributed by atoms with Crippen molar-refractivity contribution in [1.82, 2.24) is 4.98 Å². The summed E-state index contributed by atoms with van der Waals surface area (Å²) in [7, 11) is 0. The summed E-state index contributed by atoms with van der Waals surface area (Å²) in [5.74, 6) is -0.912. The molecule has 120 valence electrons. The molecule has 1 spiro atoms. The quantitative estimate of drug-likeness (QED) is 0.642. The third-order valence-corrected chi connectivity index (χ3v) is 5.23. The van der Waals surface area contributed by atoms with Crippen molar-refractivity contribution in [1.29, 1.82) is 5.26 Å². The van der Waals surface area contributed by atoms with Crippen molar-refractivity contribution in [2.75, 3.05) is 11.9 Å². The highest BCUT2D eigenvalue weighted by molar-refractivity contribution is 5.95. The molecule has 0 bridgehead atoms. The molecule has 3 aromatic rings. The highest BCUT2D eigenvalue weighted by Crippen LogP contribution is 2.53. The molecule has 0 saturated heterocycles. The molecule has 0 radical (unpaired) electrons. The molecular formula is C20H13N3O2. The van der Waals surface area contributed by atoms with Gasteiger partial charge in [0.1, 0.15) is 5.75 Å². The predicted molar refractivity (Wildman–Crippen MR) is 92.2 cm³/mol. The van der Waals surface area contributed by atoms with E-state index in [1.807, 2.05) is 48.5 Å². The van der Waals surface area contributed by atoms with Crippen LogP contribution in [0.25, 0.3) is 10.9 Å². The Morgan fingerprint density at radius 3 is 2.84 bits per heavy atom. The minimum atomic E-state index is -0.917. The average molecular weight is 327 g/mol. The third-order valence-electron chi connectivity index (χ3n) is 5.23. The summed E-state index contributed by atoms with van der Waals surface area (Å²) in [6, 6.07) is 17.5. The van der Waals surface area contributed by atoms with Gasteiger partial charge in [-0.1, -0.05) is 30.3 Å². The van der Waals surface area contributed by atoms with Crippen molar-refractivity contribution in [3.05, 3.63) is 65.9 Å². The van der Waals surface area contributed by atoms with Gasteiger partial charge < -0.3 is 10.1 Å². The van der Waals surface area contributed by atoms with Gasteiger partial charge in [0.25, 0.3) is 0 Å². The maximum absolute atomic E-state index is 12.7. The number of hydrogen-bond acceptors (Lipinski definition) is 5. The average Bonchev–Trinajstić information content (AvgIpc) is 3.02. The molecule has 0 fully saturated rings. The number of rotatable bonds is 0. The van der Waals surface area contributed by atoms with Crippen LogP contribution in [0.15, 0.2) is 54.7 Å². The summed E-state index contributed by atoms with van der Waals surface area (Å²) >= 11 is 0. The van der Waals surface area contributed by atoms with Gasteiger partial charge in [-0.05, 0) is 23.8 Å². The number of carbonyl (C=O) groups excluding carboxylic acids is 1. The Bertz CT molecular complexity index is 1090. The Balaban J connectivity index is 1.90. The first-order valence-corrected chi connectivity index (χ1v) is 8.08. The molecule has 5 heteroatoms. The number of benzene rings is 2. The normalized spacial score (nSPS) is 23.5. The van der Waals surface area contributed by atoms with Crippen molar-refractivity contribution < 1.29 is 9.53 Å². The summed E-state index contributed by atoms with van der Waals surface area (Å²) in [6.45, 7) is 0.465. The number of hydrogen-bond donors (Lipinski definition) is 1. The molecule has 2 unspecified atom stereocenters. The second kappa shape index (κ2) is 4.81. The molecule has 0 aliphatic carbocycles. The largest absolute Gasteiger partial charge is 0.424 e. The SMILES string of the molecule is N#CC1C(=O)Oc2c(cnc3ccccc23)C12CNc1ccccc12. The summed E-state index contributed by atoms with van der Waals surface area (Å²) in [6.07, 6.45) is 1.75. The molecule has 1 aromatic heterocycles. The zero-order valence-electron chi connectivity index (χ0n) is 13.2. The molecule has 0 saturated carbocycles. The molecule has 5 nitrogen and oxygen atoms in total. The van der Waals surface area contributed by atoms with Crippen LogP contribution < -0.4 is 10.1 Å². The Labute approximate surface area is 143 Å². The number of fused-ring (bicyclic) bond motifs is 6. The van der Waals surface area contributed by atoms with Crippen molar-refractivity contribution in [2.45, 2.75) is 5.41 Å². The van der Waals surface area contributed by atoms with Gasteiger partial charge in [0.2, 0.25) is 0 Å². The number of aromatic nitrogens is 1. The van der Waals surface area contributed by atoms with Gasteiger partial charge in [-0.2, -0.15) is 5.26 Å². The molecule has 25 heavy (non-hydrogen) atoms. The van der Waals surface area contributed by atoms with E-state index in [0.29, 0.717) is 12.3 Å². The van der Waals surface area contributed by atoms with E-state index in [4.69, 9.17) is 4.74 Å². The lowest BCUT2D eigenvalue weighted by molar-refractivity contribution is -0.140. The minimum absolute atomic E-state index is 0.465. The van der Waals surface area contributed by atoms with Crippen LogP contribution in [-0.4, -0.2) is 17.5 Å². The summed E-state index contributed by atoms with van der Waals surface area (Å²) in [4.78, 5) is 17.3. The van der Waals surface area contributed by atoms with Gasteiger partial charge in [-0.15, -0.1) is 0 Å². The first-order valence-electron chi connectivity index (χ1n) is 8.08. The fourth-order valence-electron chi connectivity index (χ4n) is 4.08. The molecule has 2 aliphatic heterocycles. The van der Waals surface area contributed by atoms with E-state index in [1.165, 1.54) is 0 Å². The van der Waals surface area contributed by atoms with Crippen LogP contribution in [0.1, 0.15) is 11.1 Å². The number of anilines is 1. The topological polar surface area (TPSA) is 75.0 Å². The van der Waals surface area contributed by atoms with Gasteiger partial charge in [-0.25, -0.2) is 0 Å². The monoisotopic (exact) mass is 327 g/mol. The summed E-state index contributed by atoms with van der Waals surface area (Å²) in [5.41, 5.74) is 2.65. The number of pyridine rings is 1. The lowest BCUT2D eigenvalue weighted by Crippen LogP contribution is -2.47. The minimum Gasteiger partial charge on any atom is -0.424 e. The van der Waals surface area contributed by atoms with E-state index >= 15 is 0 Å². The Morgan fingerprint density at radius 1 is 1.16 bits per heavy atom. The smallest absolute Gasteiger partial charge is 0.330 e. The predicted octanol–water partition coefficient (Wildman–Crippen LogP) is 3.01. The zero-order chi connectivity index (χ0) is 17.0. The zero-order valence-corrected chi connectivity index (χ0v) is 13.2. The number of nitrogens with zero attached hydrogens (tertiary/aromatic N) is 2. The van der Waals surface area contributed by atoms with Crippen molar-refractivity contribution >= 4 is 22.6 Å². The van der Waals surface area contributed by atoms with Crippen LogP contribution in [0.3, 0.4) is 0 Å². The van der Waals surface area contributed by atoms with Gasteiger partial charge in [0.15, 0.2) is 5.92 Å². The molecule has 0 amide bonds. The van der Waals surface area contributed by atoms with Crippen molar-refractivity contribution in [3.63, 3.8) is 0 Å². The lowest BCUT2D eigenvalue weighted by atomic mass is 9.66. The number of ether oxygens (including phenoxy) is 1. The molecule has 1 N–H and O–H groups in total. The Kier molecular flexibility index (Phi) is 2.69. The van der Waals surface area contributed by atoms with E-state index in [2.05, 4.69) is 16.4 Å². The maximum atomic E-state index is 12.7. The van der Waals surface area contributed by atoms with Gasteiger partial charge in [-0.3, -0.25) is 9.78 Å². The summed E-state index contributed by atoms with van der Waals surface area (Å²) < 4.78 is 5.62. The first kappa shape index (κ1) is 14.0. The van der Waals surface area contributed by atoms with Crippen LogP contribution >= 0.6 is 0 Å². The number of nitrogens with one attached hydrogen (secondary N) is 1. The van der Waals surface area contributed by atoms with E-state index in [1.54, 1.807) is 6.20 Å². The van der Waals surface area contributed by atoms with Crippen LogP contribution in [-0.2, 0) is 10.2 Å². The molecule has 2 atom stereocenters. The van der Waals surface area contributed by atoms with Crippen LogP contribution in [0.4, 0.5) is 5.69 Å². The number of carbonyl (C=O) groups is 1. The van der Waals surface area contributed by atoms with E-state index in [9.17, 15) is 10.1 Å². The highest BCUT2D eigenvalue weighted by Gasteiger charge is 2.55. The fourth-order valence-corrected chi connectivity index (χ4v) is 4.08. The standard InChI is InChI=1S/C20H13N3O2/c21-9-14-19(24)25-18-12-5-1-3-7-16(12)22-10-15(18)20(14)11-23-17-8-4-2-6-13(17)20/h1-8,10,14,23H,11H2. The number of nitriles is 1. The Morgan fingerprint density at radius 2 is 1.96 bits per heavy atom. The van der Waals surface area contributed by atoms with Crippen molar-refractivity contribution in [3.8, 4) is 11.8 Å². The highest BCUT2D eigenvalue weighted by atomic mass is 16.5. The van der Waals surface area contributed by atoms with E-state index < -0.39 is 17.3 Å². The van der Waals surface area contributed by atoms with Crippen LogP contribution in [0, 0.1) is 17.2 Å². The molecule has 5 rings (SSSR count). The first-order chi connectivity index (χ1) is 12.3. The number of para-hydroxylation sites is 2. The van der Waals surface area contributed by atoms with E-state index in [0.717, 1.165) is 27.7 Å². The van der Waals surface area contributed by atoms with Crippen LogP contribution in [0.2, 0.25) is 0 Å². The lowest BCUT2D eigenvalue weighted by Gasteiger charge is -2.37. The molecule has 2 aliphatic rings. The molecule has 2 aromatic carbocycles. The second-order valence-corrected chi connectivity index (χ2v) is 6.37. The van der Waals surface area contributed by atoms with Gasteiger partial charge >= 0.3 is 5.97 Å². The summed E-state index contributed by atoms with van der Waals surface area (Å²) in [5, 5.41) is 13.9. The van der Waals surface area contributed by atoms with Gasteiger partial charge in [0, 0.05) is 29.4 Å². The second-order valence-electron chi connectivity index (χ2n) is 6.37. The molecular weight excluding hydrogens is 314 g/mol. The maximum Gasteiger partial charge on any atom is 0.330 e. The third kappa shape index (κ3) is 1.66. The Hall–Kier alpha value is -3.39. The number of esters is 1. The van der Waals surface area contributed by atoms with Gasteiger partial charge in [0.05, 0.1) is 17.0 Å².